The molecule has 1 aromatic heterocycles. The molecule has 2 aromatic rings. The molecule has 27 heavy (non-hydrogen) atoms. The standard InChI is InChI=1S/C20H22BrFN4O/c21-16-11-24-26(13-16)19-5-1-14(9-18(19)22)2-6-20(27)23-10-15-7-8-25(12-15)17-3-4-17/h1-2,5-6,9,11,13,15,17H,3-4,7-8,10,12H2,(H,23,27)/b6-2+. The van der Waals surface area contributed by atoms with Crippen molar-refractivity contribution in [3.8, 4) is 5.69 Å². The molecule has 7 heteroatoms. The number of carbonyl (C=O) groups excluding carboxylic acids is 1. The Labute approximate surface area is 166 Å². The molecule has 2 fully saturated rings. The fourth-order valence-corrected chi connectivity index (χ4v) is 3.81. The Morgan fingerprint density at radius 3 is 2.93 bits per heavy atom. The van der Waals surface area contributed by atoms with Crippen molar-refractivity contribution in [2.75, 3.05) is 19.6 Å². The van der Waals surface area contributed by atoms with Gasteiger partial charge in [-0.25, -0.2) is 9.07 Å². The van der Waals surface area contributed by atoms with Gasteiger partial charge < -0.3 is 10.2 Å². The first kappa shape index (κ1) is 18.4. The van der Waals surface area contributed by atoms with Gasteiger partial charge in [-0.15, -0.1) is 0 Å². The maximum atomic E-state index is 14.3. The van der Waals surface area contributed by atoms with Crippen LogP contribution in [-0.2, 0) is 4.79 Å². The van der Waals surface area contributed by atoms with Crippen LogP contribution in [-0.4, -0.2) is 46.3 Å². The van der Waals surface area contributed by atoms with E-state index in [1.165, 1.54) is 29.7 Å². The quantitative estimate of drug-likeness (QED) is 0.711. The normalized spacial score (nSPS) is 20.4. The maximum Gasteiger partial charge on any atom is 0.244 e. The third kappa shape index (κ3) is 4.65. The minimum atomic E-state index is -0.390. The summed E-state index contributed by atoms with van der Waals surface area (Å²) >= 11 is 3.30. The van der Waals surface area contributed by atoms with E-state index in [-0.39, 0.29) is 11.7 Å². The molecule has 0 spiro atoms. The van der Waals surface area contributed by atoms with Crippen molar-refractivity contribution in [1.82, 2.24) is 20.0 Å². The van der Waals surface area contributed by atoms with Gasteiger partial charge >= 0.3 is 0 Å². The molecule has 1 unspecified atom stereocenters. The molecular formula is C20H22BrFN4O. The third-order valence-electron chi connectivity index (χ3n) is 5.14. The van der Waals surface area contributed by atoms with E-state index >= 15 is 0 Å². The lowest BCUT2D eigenvalue weighted by Crippen LogP contribution is -2.30. The summed E-state index contributed by atoms with van der Waals surface area (Å²) < 4.78 is 16.6. The summed E-state index contributed by atoms with van der Waals surface area (Å²) in [5.41, 5.74) is 1.00. The Balaban J connectivity index is 1.29. The average Bonchev–Trinajstić information content (AvgIpc) is 3.24. The van der Waals surface area contributed by atoms with Gasteiger partial charge in [0.2, 0.25) is 5.91 Å². The molecule has 1 amide bonds. The van der Waals surface area contributed by atoms with Crippen LogP contribution in [0, 0.1) is 11.7 Å². The molecule has 1 aromatic carbocycles. The predicted molar refractivity (Wildman–Crippen MR) is 106 cm³/mol. The first-order valence-corrected chi connectivity index (χ1v) is 10.1. The molecule has 2 heterocycles. The van der Waals surface area contributed by atoms with Crippen LogP contribution in [0.4, 0.5) is 4.39 Å². The molecule has 0 radical (unpaired) electrons. The topological polar surface area (TPSA) is 50.2 Å². The zero-order chi connectivity index (χ0) is 18.8. The van der Waals surface area contributed by atoms with Crippen LogP contribution in [0.1, 0.15) is 24.8 Å². The van der Waals surface area contributed by atoms with Crippen molar-refractivity contribution in [2.45, 2.75) is 25.3 Å². The second kappa shape index (κ2) is 7.94. The first-order chi connectivity index (χ1) is 13.1. The Hall–Kier alpha value is -1.99. The Morgan fingerprint density at radius 2 is 2.22 bits per heavy atom. The van der Waals surface area contributed by atoms with Crippen LogP contribution in [0.5, 0.6) is 0 Å². The lowest BCUT2D eigenvalue weighted by Gasteiger charge is -2.14. The molecule has 1 saturated carbocycles. The number of nitrogens with one attached hydrogen (secondary N) is 1. The van der Waals surface area contributed by atoms with Gasteiger partial charge in [-0.2, -0.15) is 5.10 Å². The van der Waals surface area contributed by atoms with Crippen molar-refractivity contribution in [3.63, 3.8) is 0 Å². The number of halogens is 2. The van der Waals surface area contributed by atoms with Crippen molar-refractivity contribution in [3.05, 3.63) is 52.5 Å². The highest BCUT2D eigenvalue weighted by Gasteiger charge is 2.34. The molecule has 0 bridgehead atoms. The molecule has 1 N–H and O–H groups in total. The summed E-state index contributed by atoms with van der Waals surface area (Å²) in [7, 11) is 0. The minimum absolute atomic E-state index is 0.139. The van der Waals surface area contributed by atoms with Gasteiger partial charge in [0.15, 0.2) is 0 Å². The Bertz CT molecular complexity index is 861. The van der Waals surface area contributed by atoms with Gasteiger partial charge in [-0.1, -0.05) is 6.07 Å². The lowest BCUT2D eigenvalue weighted by atomic mass is 10.1. The van der Waals surface area contributed by atoms with Crippen LogP contribution < -0.4 is 5.32 Å². The molecule has 142 valence electrons. The SMILES string of the molecule is O=C(/C=C/c1ccc(-n2cc(Br)cn2)c(F)c1)NCC1CCN(C2CC2)C1. The third-order valence-corrected chi connectivity index (χ3v) is 5.55. The zero-order valence-electron chi connectivity index (χ0n) is 14.9. The smallest absolute Gasteiger partial charge is 0.244 e. The van der Waals surface area contributed by atoms with Gasteiger partial charge in [0.25, 0.3) is 0 Å². The van der Waals surface area contributed by atoms with Crippen LogP contribution in [0.3, 0.4) is 0 Å². The van der Waals surface area contributed by atoms with Gasteiger partial charge in [0, 0.05) is 31.4 Å². The average molecular weight is 433 g/mol. The Morgan fingerprint density at radius 1 is 1.37 bits per heavy atom. The van der Waals surface area contributed by atoms with Crippen LogP contribution in [0.2, 0.25) is 0 Å². The van der Waals surface area contributed by atoms with Crippen molar-refractivity contribution >= 4 is 27.9 Å². The van der Waals surface area contributed by atoms with Gasteiger partial charge in [0.1, 0.15) is 11.5 Å². The fraction of sp³-hybridized carbons (Fsp3) is 0.400. The fourth-order valence-electron chi connectivity index (χ4n) is 3.52. The first-order valence-electron chi connectivity index (χ1n) is 9.28. The molecule has 1 saturated heterocycles. The van der Waals surface area contributed by atoms with Gasteiger partial charge in [-0.05, 0) is 71.4 Å². The second-order valence-corrected chi connectivity index (χ2v) is 8.19. The summed E-state index contributed by atoms with van der Waals surface area (Å²) in [6, 6.07) is 5.62. The van der Waals surface area contributed by atoms with Crippen LogP contribution >= 0.6 is 15.9 Å². The minimum Gasteiger partial charge on any atom is -0.352 e. The monoisotopic (exact) mass is 432 g/mol. The molecule has 4 rings (SSSR count). The van der Waals surface area contributed by atoms with E-state index in [0.717, 1.165) is 30.0 Å². The van der Waals surface area contributed by atoms with Gasteiger partial charge in [0.05, 0.1) is 10.7 Å². The highest BCUT2D eigenvalue weighted by atomic mass is 79.9. The lowest BCUT2D eigenvalue weighted by molar-refractivity contribution is -0.116. The summed E-state index contributed by atoms with van der Waals surface area (Å²) in [6.45, 7) is 2.94. The zero-order valence-corrected chi connectivity index (χ0v) is 16.5. The van der Waals surface area contributed by atoms with E-state index < -0.39 is 0 Å². The number of benzene rings is 1. The van der Waals surface area contributed by atoms with E-state index in [0.29, 0.717) is 23.7 Å². The summed E-state index contributed by atoms with van der Waals surface area (Å²) in [4.78, 5) is 14.6. The second-order valence-electron chi connectivity index (χ2n) is 7.27. The highest BCUT2D eigenvalue weighted by Crippen LogP contribution is 2.31. The van der Waals surface area contributed by atoms with Gasteiger partial charge in [-0.3, -0.25) is 4.79 Å². The molecule has 1 aliphatic heterocycles. The molecular weight excluding hydrogens is 411 g/mol. The molecule has 2 aliphatic rings. The molecule has 1 atom stereocenters. The Kier molecular flexibility index (Phi) is 5.41. The number of hydrogen-bond acceptors (Lipinski definition) is 3. The van der Waals surface area contributed by atoms with E-state index in [1.807, 2.05) is 0 Å². The number of rotatable bonds is 6. The van der Waals surface area contributed by atoms with Crippen molar-refractivity contribution < 1.29 is 9.18 Å². The summed E-state index contributed by atoms with van der Waals surface area (Å²) in [5, 5.41) is 7.04. The van der Waals surface area contributed by atoms with E-state index in [9.17, 15) is 9.18 Å². The predicted octanol–water partition coefficient (Wildman–Crippen LogP) is 3.39. The number of carbonyl (C=O) groups is 1. The van der Waals surface area contributed by atoms with E-state index in [4.69, 9.17) is 0 Å². The highest BCUT2D eigenvalue weighted by molar-refractivity contribution is 9.10. The summed E-state index contributed by atoms with van der Waals surface area (Å²) in [6.07, 6.45) is 10.2. The van der Waals surface area contributed by atoms with Crippen molar-refractivity contribution in [2.24, 2.45) is 5.92 Å². The molecule has 5 nitrogen and oxygen atoms in total. The summed E-state index contributed by atoms with van der Waals surface area (Å²) in [5.74, 6) is 0.00715. The number of likely N-dealkylation sites (tertiary alicyclic amines) is 1. The van der Waals surface area contributed by atoms with Crippen molar-refractivity contribution in [1.29, 1.82) is 0 Å². The number of amides is 1. The van der Waals surface area contributed by atoms with Crippen LogP contribution in [0.15, 0.2) is 41.1 Å². The number of nitrogens with zero attached hydrogens (tertiary/aromatic N) is 3. The largest absolute Gasteiger partial charge is 0.352 e. The van der Waals surface area contributed by atoms with E-state index in [1.54, 1.807) is 30.6 Å². The maximum absolute atomic E-state index is 14.3. The molecule has 1 aliphatic carbocycles. The van der Waals surface area contributed by atoms with Crippen LogP contribution in [0.25, 0.3) is 11.8 Å². The van der Waals surface area contributed by atoms with E-state index in [2.05, 4.69) is 31.2 Å². The number of hydrogen-bond donors (Lipinski definition) is 1. The number of aromatic nitrogens is 2.